The van der Waals surface area contributed by atoms with Gasteiger partial charge in [0.05, 0.1) is 22.7 Å². The fourth-order valence-corrected chi connectivity index (χ4v) is 6.17. The predicted octanol–water partition coefficient (Wildman–Crippen LogP) is 6.18. The van der Waals surface area contributed by atoms with Gasteiger partial charge < -0.3 is 15.0 Å². The number of anilines is 1. The highest BCUT2D eigenvalue weighted by Gasteiger charge is 2.34. The third-order valence-electron chi connectivity index (χ3n) is 6.09. The van der Waals surface area contributed by atoms with Gasteiger partial charge in [-0.2, -0.15) is 0 Å². The molecule has 0 aromatic heterocycles. The Morgan fingerprint density at radius 1 is 0.927 bits per heavy atom. The number of amides is 2. The quantitative estimate of drug-likeness (QED) is 0.286. The molecule has 0 bridgehead atoms. The summed E-state index contributed by atoms with van der Waals surface area (Å²) in [5.41, 5.74) is -0.0231. The molecule has 3 aromatic rings. The zero-order chi connectivity index (χ0) is 30.5. The molecule has 220 valence electrons. The number of carbonyl (C=O) groups is 2. The lowest BCUT2D eigenvalue weighted by Crippen LogP contribution is -2.54. The number of carbonyl (C=O) groups excluding carboxylic acids is 2. The van der Waals surface area contributed by atoms with Gasteiger partial charge in [-0.15, -0.1) is 0 Å². The molecule has 0 aliphatic carbocycles. The highest BCUT2D eigenvalue weighted by Crippen LogP contribution is 2.33. The Morgan fingerprint density at radius 3 is 2.07 bits per heavy atom. The van der Waals surface area contributed by atoms with Crippen molar-refractivity contribution in [1.82, 2.24) is 10.2 Å². The minimum Gasteiger partial charge on any atom is -0.495 e. The number of nitrogens with zero attached hydrogens (tertiary/aromatic N) is 2. The maximum Gasteiger partial charge on any atom is 0.264 e. The summed E-state index contributed by atoms with van der Waals surface area (Å²) in [6.45, 7) is 6.22. The molecule has 0 heterocycles. The molecule has 0 fully saturated rings. The summed E-state index contributed by atoms with van der Waals surface area (Å²) < 4.78 is 33.9. The average Bonchev–Trinajstić information content (AvgIpc) is 2.90. The summed E-state index contributed by atoms with van der Waals surface area (Å²) in [5, 5.41) is 3.63. The highest BCUT2D eigenvalue weighted by atomic mass is 35.5. The largest absolute Gasteiger partial charge is 0.495 e. The van der Waals surface area contributed by atoms with Crippen LogP contribution in [-0.4, -0.2) is 50.4 Å². The van der Waals surface area contributed by atoms with Gasteiger partial charge in [0.2, 0.25) is 11.8 Å². The van der Waals surface area contributed by atoms with E-state index >= 15 is 0 Å². The molecule has 2 amide bonds. The van der Waals surface area contributed by atoms with E-state index in [9.17, 15) is 18.0 Å². The SMILES string of the molecule is COc1ccc(N(CC(=O)N(Cc2c(Cl)cccc2Cl)C(C)C(=O)NC(C)(C)C)S(=O)(=O)c2ccccc2)cc1Cl. The van der Waals surface area contributed by atoms with Gasteiger partial charge in [-0.05, 0) is 70.2 Å². The van der Waals surface area contributed by atoms with Crippen molar-refractivity contribution in [3.8, 4) is 5.75 Å². The first-order valence-electron chi connectivity index (χ1n) is 12.6. The normalized spacial score (nSPS) is 12.4. The number of sulfonamides is 1. The molecule has 1 unspecified atom stereocenters. The van der Waals surface area contributed by atoms with Crippen molar-refractivity contribution in [3.63, 3.8) is 0 Å². The van der Waals surface area contributed by atoms with Gasteiger partial charge in [0.15, 0.2) is 0 Å². The Labute approximate surface area is 256 Å². The van der Waals surface area contributed by atoms with Gasteiger partial charge in [0.1, 0.15) is 18.3 Å². The van der Waals surface area contributed by atoms with E-state index in [0.29, 0.717) is 21.4 Å². The van der Waals surface area contributed by atoms with Gasteiger partial charge in [-0.3, -0.25) is 13.9 Å². The molecule has 0 saturated heterocycles. The summed E-state index contributed by atoms with van der Waals surface area (Å²) in [6, 6.07) is 16.0. The number of nitrogens with one attached hydrogen (secondary N) is 1. The van der Waals surface area contributed by atoms with E-state index in [2.05, 4.69) is 5.32 Å². The van der Waals surface area contributed by atoms with Crippen molar-refractivity contribution in [2.75, 3.05) is 18.0 Å². The van der Waals surface area contributed by atoms with Crippen LogP contribution >= 0.6 is 34.8 Å². The fraction of sp³-hybridized carbons (Fsp3) is 0.310. The Bertz CT molecular complexity index is 1490. The first kappa shape index (κ1) is 32.5. The van der Waals surface area contributed by atoms with Crippen LogP contribution in [0.5, 0.6) is 5.75 Å². The van der Waals surface area contributed by atoms with E-state index in [1.54, 1.807) is 43.3 Å². The summed E-state index contributed by atoms with van der Waals surface area (Å²) in [4.78, 5) is 28.5. The summed E-state index contributed by atoms with van der Waals surface area (Å²) in [6.07, 6.45) is 0. The van der Waals surface area contributed by atoms with Crippen LogP contribution in [0.4, 0.5) is 5.69 Å². The van der Waals surface area contributed by atoms with Crippen LogP contribution < -0.4 is 14.4 Å². The Kier molecular flexibility index (Phi) is 10.6. The summed E-state index contributed by atoms with van der Waals surface area (Å²) in [7, 11) is -2.81. The van der Waals surface area contributed by atoms with E-state index in [4.69, 9.17) is 39.5 Å². The van der Waals surface area contributed by atoms with Gasteiger partial charge >= 0.3 is 0 Å². The Balaban J connectivity index is 2.10. The van der Waals surface area contributed by atoms with Crippen LogP contribution in [0, 0.1) is 0 Å². The Hall–Kier alpha value is -2.98. The molecular formula is C29H32Cl3N3O5S. The van der Waals surface area contributed by atoms with Crippen LogP contribution in [0.3, 0.4) is 0 Å². The minimum atomic E-state index is -4.25. The second-order valence-electron chi connectivity index (χ2n) is 10.3. The van der Waals surface area contributed by atoms with Crippen LogP contribution in [0.15, 0.2) is 71.6 Å². The van der Waals surface area contributed by atoms with Crippen molar-refractivity contribution >= 4 is 62.3 Å². The number of ether oxygens (including phenoxy) is 1. The third kappa shape index (κ3) is 8.07. The zero-order valence-corrected chi connectivity index (χ0v) is 26.4. The molecule has 1 N–H and O–H groups in total. The first-order valence-corrected chi connectivity index (χ1v) is 15.2. The van der Waals surface area contributed by atoms with E-state index in [0.717, 1.165) is 4.31 Å². The smallest absolute Gasteiger partial charge is 0.264 e. The highest BCUT2D eigenvalue weighted by molar-refractivity contribution is 7.92. The molecule has 12 heteroatoms. The maximum atomic E-state index is 14.0. The Morgan fingerprint density at radius 2 is 1.54 bits per heavy atom. The number of rotatable bonds is 10. The van der Waals surface area contributed by atoms with Crippen molar-refractivity contribution in [1.29, 1.82) is 0 Å². The van der Waals surface area contributed by atoms with Crippen LogP contribution in [0.1, 0.15) is 33.3 Å². The molecule has 0 saturated carbocycles. The monoisotopic (exact) mass is 639 g/mol. The van der Waals surface area contributed by atoms with Gasteiger partial charge in [0, 0.05) is 27.7 Å². The fourth-order valence-electron chi connectivity index (χ4n) is 3.97. The molecule has 0 aliphatic rings. The predicted molar refractivity (Wildman–Crippen MR) is 163 cm³/mol. The summed E-state index contributed by atoms with van der Waals surface area (Å²) in [5.74, 6) is -0.760. The number of hydrogen-bond acceptors (Lipinski definition) is 5. The summed E-state index contributed by atoms with van der Waals surface area (Å²) >= 11 is 19.2. The van der Waals surface area contributed by atoms with Crippen molar-refractivity contribution in [3.05, 3.63) is 87.4 Å². The number of benzene rings is 3. The van der Waals surface area contributed by atoms with Gasteiger partial charge in [0.25, 0.3) is 10.0 Å². The average molecular weight is 641 g/mol. The lowest BCUT2D eigenvalue weighted by Gasteiger charge is -2.34. The second kappa shape index (κ2) is 13.3. The van der Waals surface area contributed by atoms with Gasteiger partial charge in [-0.25, -0.2) is 8.42 Å². The van der Waals surface area contributed by atoms with Crippen LogP contribution in [0.2, 0.25) is 15.1 Å². The molecular weight excluding hydrogens is 609 g/mol. The van der Waals surface area contributed by atoms with Crippen LogP contribution in [-0.2, 0) is 26.2 Å². The molecule has 41 heavy (non-hydrogen) atoms. The van der Waals surface area contributed by atoms with Crippen molar-refractivity contribution in [2.45, 2.75) is 50.7 Å². The minimum absolute atomic E-state index is 0.0287. The number of hydrogen-bond donors (Lipinski definition) is 1. The molecule has 0 spiro atoms. The van der Waals surface area contributed by atoms with E-state index < -0.39 is 40.0 Å². The number of halogens is 3. The van der Waals surface area contributed by atoms with Crippen LogP contribution in [0.25, 0.3) is 0 Å². The topological polar surface area (TPSA) is 96.0 Å². The first-order chi connectivity index (χ1) is 19.2. The van der Waals surface area contributed by atoms with Crippen molar-refractivity contribution < 1.29 is 22.7 Å². The van der Waals surface area contributed by atoms with E-state index in [1.165, 1.54) is 42.3 Å². The van der Waals surface area contributed by atoms with Gasteiger partial charge in [-0.1, -0.05) is 59.1 Å². The second-order valence-corrected chi connectivity index (χ2v) is 13.4. The van der Waals surface area contributed by atoms with E-state index in [1.807, 2.05) is 20.8 Å². The lowest BCUT2D eigenvalue weighted by atomic mass is 10.1. The molecule has 8 nitrogen and oxygen atoms in total. The molecule has 3 rings (SSSR count). The molecule has 3 aromatic carbocycles. The molecule has 1 atom stereocenters. The number of methoxy groups -OCH3 is 1. The maximum absolute atomic E-state index is 14.0. The zero-order valence-electron chi connectivity index (χ0n) is 23.3. The van der Waals surface area contributed by atoms with Crippen molar-refractivity contribution in [2.24, 2.45) is 0 Å². The molecule has 0 radical (unpaired) electrons. The third-order valence-corrected chi connectivity index (χ3v) is 8.88. The standard InChI is InChI=1S/C29H32Cl3N3O5S/c1-19(28(37)33-29(2,3)4)34(17-22-23(30)12-9-13-24(22)31)27(36)18-35(20-14-15-26(40-5)25(32)16-20)41(38,39)21-10-7-6-8-11-21/h6-16,19H,17-18H2,1-5H3,(H,33,37). The lowest BCUT2D eigenvalue weighted by molar-refractivity contribution is -0.140. The van der Waals surface area contributed by atoms with E-state index in [-0.39, 0.29) is 22.2 Å². The molecule has 0 aliphatic heterocycles.